The third-order valence-corrected chi connectivity index (χ3v) is 3.89. The lowest BCUT2D eigenvalue weighted by Crippen LogP contribution is -1.99. The van der Waals surface area contributed by atoms with Crippen molar-refractivity contribution in [3.8, 4) is 11.1 Å². The van der Waals surface area contributed by atoms with E-state index in [1.165, 1.54) is 22.3 Å². The molecule has 0 fully saturated rings. The fraction of sp³-hybridized carbons (Fsp3) is 0.316. The third-order valence-electron chi connectivity index (χ3n) is 3.89. The lowest BCUT2D eigenvalue weighted by molar-refractivity contribution is 0.112. The van der Waals surface area contributed by atoms with Crippen LogP contribution in [0.3, 0.4) is 0 Å². The van der Waals surface area contributed by atoms with E-state index in [4.69, 9.17) is 0 Å². The van der Waals surface area contributed by atoms with Crippen LogP contribution in [0.15, 0.2) is 36.4 Å². The van der Waals surface area contributed by atoms with E-state index in [1.807, 2.05) is 18.2 Å². The summed E-state index contributed by atoms with van der Waals surface area (Å²) in [5, 5.41) is 0. The lowest BCUT2D eigenvalue weighted by Gasteiger charge is -2.17. The van der Waals surface area contributed by atoms with Gasteiger partial charge in [0, 0.05) is 5.56 Å². The second kappa shape index (κ2) is 6.51. The molecule has 2 aromatic carbocycles. The first kappa shape index (κ1) is 14.5. The Bertz CT molecular complexity index is 586. The summed E-state index contributed by atoms with van der Waals surface area (Å²) >= 11 is 0. The van der Waals surface area contributed by atoms with Crippen LogP contribution in [-0.4, -0.2) is 6.29 Å². The average Bonchev–Trinajstić information content (AvgIpc) is 2.53. The zero-order chi connectivity index (χ0) is 14.5. The Balaban J connectivity index is 2.74. The Morgan fingerprint density at radius 3 is 2.00 bits per heavy atom. The van der Waals surface area contributed by atoms with Crippen molar-refractivity contribution in [1.29, 1.82) is 0 Å². The molecule has 0 aromatic heterocycles. The van der Waals surface area contributed by atoms with Crippen molar-refractivity contribution in [2.24, 2.45) is 0 Å². The minimum Gasteiger partial charge on any atom is -0.298 e. The number of benzene rings is 2. The van der Waals surface area contributed by atoms with Gasteiger partial charge in [-0.2, -0.15) is 0 Å². The van der Waals surface area contributed by atoms with E-state index in [-0.39, 0.29) is 0 Å². The highest BCUT2D eigenvalue weighted by Gasteiger charge is 2.13. The minimum absolute atomic E-state index is 0.779. The number of aldehydes is 1. The normalized spacial score (nSPS) is 10.6. The smallest absolute Gasteiger partial charge is 0.150 e. The van der Waals surface area contributed by atoms with E-state index in [0.29, 0.717) is 0 Å². The molecule has 0 atom stereocenters. The second-order valence-corrected chi connectivity index (χ2v) is 5.05. The van der Waals surface area contributed by atoms with Crippen LogP contribution in [0.4, 0.5) is 0 Å². The topological polar surface area (TPSA) is 17.1 Å². The highest BCUT2D eigenvalue weighted by molar-refractivity contribution is 5.89. The molecule has 0 bridgehead atoms. The quantitative estimate of drug-likeness (QED) is 0.707. The molecule has 0 aliphatic heterocycles. The van der Waals surface area contributed by atoms with Crippen LogP contribution >= 0.6 is 0 Å². The summed E-state index contributed by atoms with van der Waals surface area (Å²) in [5.41, 5.74) is 7.17. The van der Waals surface area contributed by atoms with Crippen molar-refractivity contribution in [2.75, 3.05) is 0 Å². The van der Waals surface area contributed by atoms with Gasteiger partial charge in [0.05, 0.1) is 0 Å². The first-order valence-electron chi connectivity index (χ1n) is 7.44. The molecule has 0 N–H and O–H groups in total. The van der Waals surface area contributed by atoms with Gasteiger partial charge in [0.25, 0.3) is 0 Å². The van der Waals surface area contributed by atoms with Crippen LogP contribution in [0.25, 0.3) is 11.1 Å². The molecule has 0 unspecified atom stereocenters. The lowest BCUT2D eigenvalue weighted by atomic mass is 9.87. The van der Waals surface area contributed by atoms with Gasteiger partial charge < -0.3 is 0 Å². The van der Waals surface area contributed by atoms with Gasteiger partial charge in [-0.1, -0.05) is 57.2 Å². The molecule has 0 amide bonds. The van der Waals surface area contributed by atoms with Gasteiger partial charge >= 0.3 is 0 Å². The molecule has 0 spiro atoms. The molecule has 104 valence electrons. The molecule has 0 aliphatic carbocycles. The Morgan fingerprint density at radius 2 is 1.50 bits per heavy atom. The van der Waals surface area contributed by atoms with E-state index in [2.05, 4.69) is 39.0 Å². The maximum absolute atomic E-state index is 11.3. The summed E-state index contributed by atoms with van der Waals surface area (Å²) in [7, 11) is 0. The molecule has 2 rings (SSSR count). The van der Waals surface area contributed by atoms with E-state index >= 15 is 0 Å². The van der Waals surface area contributed by atoms with Gasteiger partial charge in [-0.3, -0.25) is 4.79 Å². The predicted octanol–water partition coefficient (Wildman–Crippen LogP) is 4.85. The van der Waals surface area contributed by atoms with Crippen LogP contribution in [-0.2, 0) is 19.3 Å². The highest BCUT2D eigenvalue weighted by Crippen LogP contribution is 2.32. The predicted molar refractivity (Wildman–Crippen MR) is 85.4 cm³/mol. The van der Waals surface area contributed by atoms with Gasteiger partial charge in [0.1, 0.15) is 0 Å². The second-order valence-electron chi connectivity index (χ2n) is 5.05. The highest BCUT2D eigenvalue weighted by atomic mass is 16.1. The molecule has 1 heteroatoms. The average molecular weight is 266 g/mol. The summed E-state index contributed by atoms with van der Waals surface area (Å²) in [6.45, 7) is 6.55. The molecule has 0 radical (unpaired) electrons. The molecule has 0 heterocycles. The summed E-state index contributed by atoms with van der Waals surface area (Å²) in [6.07, 6.45) is 3.99. The molecule has 0 aliphatic rings. The largest absolute Gasteiger partial charge is 0.298 e. The molecule has 1 nitrogen and oxygen atoms in total. The Morgan fingerprint density at radius 1 is 0.900 bits per heavy atom. The first-order chi connectivity index (χ1) is 9.74. The Labute approximate surface area is 121 Å². The van der Waals surface area contributed by atoms with E-state index in [0.717, 1.165) is 36.7 Å². The maximum Gasteiger partial charge on any atom is 0.150 e. The van der Waals surface area contributed by atoms with Crippen LogP contribution in [0.5, 0.6) is 0 Å². The number of aryl methyl sites for hydroxylation is 3. The van der Waals surface area contributed by atoms with Gasteiger partial charge in [-0.25, -0.2) is 0 Å². The van der Waals surface area contributed by atoms with Gasteiger partial charge in [-0.05, 0) is 47.1 Å². The zero-order valence-electron chi connectivity index (χ0n) is 12.6. The molecular formula is C19H22O. The van der Waals surface area contributed by atoms with Crippen LogP contribution in [0.1, 0.15) is 47.8 Å². The van der Waals surface area contributed by atoms with Crippen molar-refractivity contribution in [3.63, 3.8) is 0 Å². The SMILES string of the molecule is CCc1cc(CC)c(-c2ccccc2C=O)c(CC)c1. The van der Waals surface area contributed by atoms with Crippen molar-refractivity contribution in [1.82, 2.24) is 0 Å². The zero-order valence-corrected chi connectivity index (χ0v) is 12.6. The summed E-state index contributed by atoms with van der Waals surface area (Å²) in [6, 6.07) is 12.5. The van der Waals surface area contributed by atoms with E-state index < -0.39 is 0 Å². The van der Waals surface area contributed by atoms with Crippen molar-refractivity contribution in [3.05, 3.63) is 58.7 Å². The molecule has 20 heavy (non-hydrogen) atoms. The van der Waals surface area contributed by atoms with Gasteiger partial charge in [0.2, 0.25) is 0 Å². The summed E-state index contributed by atoms with van der Waals surface area (Å²) < 4.78 is 0. The van der Waals surface area contributed by atoms with Crippen LogP contribution < -0.4 is 0 Å². The Kier molecular flexibility index (Phi) is 4.73. The monoisotopic (exact) mass is 266 g/mol. The molecule has 0 saturated heterocycles. The van der Waals surface area contributed by atoms with Gasteiger partial charge in [0.15, 0.2) is 6.29 Å². The molecular weight excluding hydrogens is 244 g/mol. The first-order valence-corrected chi connectivity index (χ1v) is 7.44. The summed E-state index contributed by atoms with van der Waals surface area (Å²) in [5.74, 6) is 0. The van der Waals surface area contributed by atoms with Crippen molar-refractivity contribution < 1.29 is 4.79 Å². The van der Waals surface area contributed by atoms with Crippen LogP contribution in [0.2, 0.25) is 0 Å². The fourth-order valence-corrected chi connectivity index (χ4v) is 2.78. The Hall–Kier alpha value is -1.89. The number of rotatable bonds is 5. The minimum atomic E-state index is 0.779. The molecule has 0 saturated carbocycles. The van der Waals surface area contributed by atoms with E-state index in [9.17, 15) is 4.79 Å². The number of hydrogen-bond acceptors (Lipinski definition) is 1. The maximum atomic E-state index is 11.3. The van der Waals surface area contributed by atoms with E-state index in [1.54, 1.807) is 0 Å². The third kappa shape index (κ3) is 2.67. The number of carbonyl (C=O) groups is 1. The fourth-order valence-electron chi connectivity index (χ4n) is 2.78. The number of carbonyl (C=O) groups excluding carboxylic acids is 1. The van der Waals surface area contributed by atoms with Gasteiger partial charge in [-0.15, -0.1) is 0 Å². The molecule has 2 aromatic rings. The summed E-state index contributed by atoms with van der Waals surface area (Å²) in [4.78, 5) is 11.3. The van der Waals surface area contributed by atoms with Crippen molar-refractivity contribution >= 4 is 6.29 Å². The standard InChI is InChI=1S/C19H22O/c1-4-14-11-15(5-2)19(16(6-3)12-14)18-10-8-7-9-17(18)13-20/h7-13H,4-6H2,1-3H3. The number of hydrogen-bond donors (Lipinski definition) is 0. The van der Waals surface area contributed by atoms with Crippen LogP contribution in [0, 0.1) is 0 Å². The van der Waals surface area contributed by atoms with Crippen molar-refractivity contribution in [2.45, 2.75) is 40.0 Å².